The third kappa shape index (κ3) is 11.6. The van der Waals surface area contributed by atoms with Gasteiger partial charge in [-0.15, -0.1) is 0 Å². The van der Waals surface area contributed by atoms with Gasteiger partial charge in [0.15, 0.2) is 0 Å². The quantitative estimate of drug-likeness (QED) is 0.515. The number of aliphatic hydroxyl groups is 3. The van der Waals surface area contributed by atoms with Crippen LogP contribution in [0.15, 0.2) is 0 Å². The molecular weight excluding hydrogens is 226 g/mol. The standard InChI is InChI=1S/C6H15NO3.C5H10O2/c1-4(8)7(5(2)9)6(3)10;1-2-3-4-5(6)7/h4-6,8-10H,1-3H3;2-4H2,1H3,(H,6,7). The van der Waals surface area contributed by atoms with Crippen LogP contribution in [0.2, 0.25) is 0 Å². The first-order valence-electron chi connectivity index (χ1n) is 5.77. The van der Waals surface area contributed by atoms with Crippen molar-refractivity contribution < 1.29 is 25.2 Å². The number of carboxylic acid groups (broad SMARTS) is 1. The van der Waals surface area contributed by atoms with Gasteiger partial charge in [0.2, 0.25) is 0 Å². The average Bonchev–Trinajstić information content (AvgIpc) is 2.13. The van der Waals surface area contributed by atoms with E-state index in [2.05, 4.69) is 0 Å². The van der Waals surface area contributed by atoms with E-state index >= 15 is 0 Å². The number of nitrogens with zero attached hydrogens (tertiary/aromatic N) is 1. The van der Waals surface area contributed by atoms with Crippen molar-refractivity contribution >= 4 is 5.97 Å². The van der Waals surface area contributed by atoms with Crippen molar-refractivity contribution in [3.05, 3.63) is 0 Å². The number of rotatable bonds is 6. The third-order valence-electron chi connectivity index (χ3n) is 2.04. The van der Waals surface area contributed by atoms with Gasteiger partial charge in [0.05, 0.1) is 0 Å². The Morgan fingerprint density at radius 3 is 1.47 bits per heavy atom. The first kappa shape index (κ1) is 18.7. The molecule has 0 rings (SSSR count). The molecule has 104 valence electrons. The summed E-state index contributed by atoms with van der Waals surface area (Å²) in [6.45, 7) is 6.43. The molecule has 0 saturated heterocycles. The summed E-state index contributed by atoms with van der Waals surface area (Å²) in [7, 11) is 0. The zero-order valence-electron chi connectivity index (χ0n) is 11.0. The van der Waals surface area contributed by atoms with Crippen LogP contribution in [0.4, 0.5) is 0 Å². The van der Waals surface area contributed by atoms with Gasteiger partial charge in [0.1, 0.15) is 18.7 Å². The Labute approximate surface area is 102 Å². The molecule has 6 heteroatoms. The second-order valence-corrected chi connectivity index (χ2v) is 3.84. The molecule has 0 spiro atoms. The lowest BCUT2D eigenvalue weighted by Crippen LogP contribution is -2.45. The van der Waals surface area contributed by atoms with Crippen LogP contribution < -0.4 is 0 Å². The lowest BCUT2D eigenvalue weighted by Gasteiger charge is -2.30. The van der Waals surface area contributed by atoms with Crippen molar-refractivity contribution in [3.8, 4) is 0 Å². The molecule has 0 aromatic heterocycles. The molecule has 0 aromatic rings. The lowest BCUT2D eigenvalue weighted by atomic mass is 10.3. The van der Waals surface area contributed by atoms with Crippen LogP contribution in [-0.2, 0) is 4.79 Å². The Morgan fingerprint density at radius 2 is 1.41 bits per heavy atom. The highest BCUT2D eigenvalue weighted by molar-refractivity contribution is 5.66. The van der Waals surface area contributed by atoms with E-state index in [1.165, 1.54) is 25.7 Å². The summed E-state index contributed by atoms with van der Waals surface area (Å²) in [5, 5.41) is 34.9. The fourth-order valence-electron chi connectivity index (χ4n) is 1.26. The van der Waals surface area contributed by atoms with Crippen LogP contribution in [0.5, 0.6) is 0 Å². The molecule has 0 aliphatic heterocycles. The minimum atomic E-state index is -0.833. The summed E-state index contributed by atoms with van der Waals surface area (Å²) in [5.74, 6) is -0.693. The van der Waals surface area contributed by atoms with E-state index in [4.69, 9.17) is 20.4 Å². The van der Waals surface area contributed by atoms with E-state index in [9.17, 15) is 4.79 Å². The van der Waals surface area contributed by atoms with Crippen molar-refractivity contribution in [2.24, 2.45) is 0 Å². The SMILES string of the molecule is CC(O)N(C(C)O)C(C)O.CCCCC(=O)O. The number of unbranched alkanes of at least 4 members (excludes halogenated alkanes) is 1. The Bertz CT molecular complexity index is 175. The van der Waals surface area contributed by atoms with Gasteiger partial charge in [-0.05, 0) is 27.2 Å². The van der Waals surface area contributed by atoms with Crippen LogP contribution >= 0.6 is 0 Å². The van der Waals surface area contributed by atoms with E-state index in [1.54, 1.807) is 0 Å². The molecule has 6 nitrogen and oxygen atoms in total. The largest absolute Gasteiger partial charge is 0.481 e. The summed E-state index contributed by atoms with van der Waals surface area (Å²) in [6, 6.07) is 0. The number of hydrogen-bond donors (Lipinski definition) is 4. The molecule has 4 N–H and O–H groups in total. The van der Waals surface area contributed by atoms with Crippen molar-refractivity contribution in [1.29, 1.82) is 0 Å². The average molecular weight is 251 g/mol. The fraction of sp³-hybridized carbons (Fsp3) is 0.909. The molecule has 0 bridgehead atoms. The molecule has 0 fully saturated rings. The second kappa shape index (κ2) is 10.5. The van der Waals surface area contributed by atoms with Gasteiger partial charge in [0, 0.05) is 6.42 Å². The van der Waals surface area contributed by atoms with E-state index in [1.807, 2.05) is 6.92 Å². The van der Waals surface area contributed by atoms with E-state index in [0.717, 1.165) is 12.8 Å². The summed E-state index contributed by atoms with van der Waals surface area (Å²) >= 11 is 0. The van der Waals surface area contributed by atoms with Gasteiger partial charge in [-0.1, -0.05) is 13.3 Å². The van der Waals surface area contributed by atoms with E-state index in [0.29, 0.717) is 6.42 Å². The number of carbonyl (C=O) groups is 1. The van der Waals surface area contributed by atoms with Crippen LogP contribution in [-0.4, -0.2) is 50.0 Å². The number of aliphatic carboxylic acids is 1. The third-order valence-corrected chi connectivity index (χ3v) is 2.04. The number of hydrogen-bond acceptors (Lipinski definition) is 5. The minimum absolute atomic E-state index is 0.316. The molecule has 0 amide bonds. The maximum absolute atomic E-state index is 9.76. The first-order valence-corrected chi connectivity index (χ1v) is 5.77. The summed E-state index contributed by atoms with van der Waals surface area (Å²) < 4.78 is 0. The predicted molar refractivity (Wildman–Crippen MR) is 64.0 cm³/mol. The molecule has 0 heterocycles. The van der Waals surface area contributed by atoms with Gasteiger partial charge in [-0.2, -0.15) is 0 Å². The highest BCUT2D eigenvalue weighted by Gasteiger charge is 2.20. The molecule has 3 unspecified atom stereocenters. The minimum Gasteiger partial charge on any atom is -0.481 e. The molecule has 0 aliphatic rings. The van der Waals surface area contributed by atoms with Crippen LogP contribution in [0.1, 0.15) is 47.0 Å². The zero-order valence-corrected chi connectivity index (χ0v) is 11.0. The highest BCUT2D eigenvalue weighted by atomic mass is 16.4. The maximum Gasteiger partial charge on any atom is 0.303 e. The van der Waals surface area contributed by atoms with Gasteiger partial charge in [-0.25, -0.2) is 4.90 Å². The van der Waals surface area contributed by atoms with Crippen molar-refractivity contribution in [2.75, 3.05) is 0 Å². The lowest BCUT2D eigenvalue weighted by molar-refractivity contribution is -0.159. The Balaban J connectivity index is 0. The van der Waals surface area contributed by atoms with E-state index in [-0.39, 0.29) is 0 Å². The second-order valence-electron chi connectivity index (χ2n) is 3.84. The summed E-state index contributed by atoms with van der Waals surface area (Å²) in [5.41, 5.74) is 0. The first-order chi connectivity index (χ1) is 7.73. The number of carboxylic acids is 1. The van der Waals surface area contributed by atoms with Crippen molar-refractivity contribution in [1.82, 2.24) is 4.90 Å². The predicted octanol–water partition coefficient (Wildman–Crippen LogP) is 0.564. The Kier molecular flexibility index (Phi) is 11.5. The van der Waals surface area contributed by atoms with Crippen molar-refractivity contribution in [2.45, 2.75) is 65.6 Å². The van der Waals surface area contributed by atoms with Crippen molar-refractivity contribution in [3.63, 3.8) is 0 Å². The Morgan fingerprint density at radius 1 is 1.06 bits per heavy atom. The van der Waals surface area contributed by atoms with E-state index < -0.39 is 24.7 Å². The van der Waals surface area contributed by atoms with Gasteiger partial charge >= 0.3 is 5.97 Å². The molecule has 17 heavy (non-hydrogen) atoms. The number of aliphatic hydroxyl groups excluding tert-OH is 3. The normalized spacial score (nSPS) is 15.8. The highest BCUT2D eigenvalue weighted by Crippen LogP contribution is 2.04. The van der Waals surface area contributed by atoms with Gasteiger partial charge in [-0.3, -0.25) is 4.79 Å². The molecule has 0 radical (unpaired) electrons. The fourth-order valence-corrected chi connectivity index (χ4v) is 1.26. The zero-order chi connectivity index (χ0) is 14.0. The molecule has 0 aliphatic carbocycles. The van der Waals surface area contributed by atoms with Crippen LogP contribution in [0, 0.1) is 0 Å². The monoisotopic (exact) mass is 251 g/mol. The molecule has 0 aromatic carbocycles. The smallest absolute Gasteiger partial charge is 0.303 e. The molecule has 3 atom stereocenters. The van der Waals surface area contributed by atoms with Crippen LogP contribution in [0.25, 0.3) is 0 Å². The maximum atomic E-state index is 9.76. The van der Waals surface area contributed by atoms with Gasteiger partial charge in [0.25, 0.3) is 0 Å². The Hall–Kier alpha value is -0.690. The van der Waals surface area contributed by atoms with Crippen LogP contribution in [0.3, 0.4) is 0 Å². The van der Waals surface area contributed by atoms with Gasteiger partial charge < -0.3 is 20.4 Å². The molecule has 0 saturated carbocycles. The molecular formula is C11H25NO5. The summed E-state index contributed by atoms with van der Waals surface area (Å²) in [6.07, 6.45) is -0.419. The summed E-state index contributed by atoms with van der Waals surface area (Å²) in [4.78, 5) is 10.9. The topological polar surface area (TPSA) is 101 Å².